The van der Waals surface area contributed by atoms with Crippen molar-refractivity contribution in [2.75, 3.05) is 25.4 Å². The Kier molecular flexibility index (Phi) is 7.15. The number of nitrogens with one attached hydrogen (secondary N) is 1. The number of amides is 1. The van der Waals surface area contributed by atoms with E-state index >= 15 is 0 Å². The summed E-state index contributed by atoms with van der Waals surface area (Å²) in [5, 5.41) is 12.2. The molecule has 1 unspecified atom stereocenters. The SMILES string of the molecule is Cl.O=C(O)N1CCN[C@H](CC[S+]([O-])c2ccccc2)C1. The van der Waals surface area contributed by atoms with Gasteiger partial charge in [-0.05, 0) is 23.3 Å². The molecule has 7 heteroatoms. The van der Waals surface area contributed by atoms with Crippen molar-refractivity contribution in [1.82, 2.24) is 10.2 Å². The number of piperazine rings is 1. The average Bonchev–Trinajstić information content (AvgIpc) is 2.46. The third kappa shape index (κ3) is 4.86. The molecule has 1 aliphatic rings. The Morgan fingerprint density at radius 2 is 2.15 bits per heavy atom. The summed E-state index contributed by atoms with van der Waals surface area (Å²) in [6.07, 6.45) is -0.165. The number of hydrogen-bond donors (Lipinski definition) is 2. The molecular weight excluding hydrogens is 300 g/mol. The molecule has 1 amide bonds. The molecule has 0 spiro atoms. The molecule has 20 heavy (non-hydrogen) atoms. The minimum Gasteiger partial charge on any atom is -0.611 e. The van der Waals surface area contributed by atoms with Crippen molar-refractivity contribution in [3.05, 3.63) is 30.3 Å². The maximum absolute atomic E-state index is 12.1. The van der Waals surface area contributed by atoms with Crippen LogP contribution in [0.3, 0.4) is 0 Å². The predicted molar refractivity (Wildman–Crippen MR) is 81.0 cm³/mol. The van der Waals surface area contributed by atoms with E-state index in [1.165, 1.54) is 4.90 Å². The summed E-state index contributed by atoms with van der Waals surface area (Å²) in [5.74, 6) is 0.551. The number of carbonyl (C=O) groups is 1. The minimum absolute atomic E-state index is 0. The highest BCUT2D eigenvalue weighted by Crippen LogP contribution is 2.13. The zero-order valence-electron chi connectivity index (χ0n) is 11.0. The van der Waals surface area contributed by atoms with Crippen LogP contribution in [0.2, 0.25) is 0 Å². The van der Waals surface area contributed by atoms with E-state index in [9.17, 15) is 9.35 Å². The van der Waals surface area contributed by atoms with Gasteiger partial charge in [0, 0.05) is 32.1 Å². The van der Waals surface area contributed by atoms with Gasteiger partial charge in [-0.3, -0.25) is 0 Å². The molecule has 1 saturated heterocycles. The molecule has 0 bridgehead atoms. The van der Waals surface area contributed by atoms with E-state index in [0.29, 0.717) is 31.8 Å². The van der Waals surface area contributed by atoms with Crippen LogP contribution in [0, 0.1) is 0 Å². The second kappa shape index (κ2) is 8.36. The topological polar surface area (TPSA) is 75.6 Å². The lowest BCUT2D eigenvalue weighted by atomic mass is 10.2. The second-order valence-electron chi connectivity index (χ2n) is 4.53. The van der Waals surface area contributed by atoms with Gasteiger partial charge in [-0.1, -0.05) is 18.2 Å². The molecule has 1 aromatic rings. The van der Waals surface area contributed by atoms with Gasteiger partial charge in [0.15, 0.2) is 4.90 Å². The number of hydrogen-bond acceptors (Lipinski definition) is 3. The van der Waals surface area contributed by atoms with Gasteiger partial charge in [0.1, 0.15) is 5.75 Å². The van der Waals surface area contributed by atoms with Crippen molar-refractivity contribution in [2.45, 2.75) is 17.4 Å². The van der Waals surface area contributed by atoms with Gasteiger partial charge in [0.2, 0.25) is 0 Å². The Morgan fingerprint density at radius 3 is 2.80 bits per heavy atom. The second-order valence-corrected chi connectivity index (χ2v) is 6.10. The predicted octanol–water partition coefficient (Wildman–Crippen LogP) is 1.56. The van der Waals surface area contributed by atoms with Crippen molar-refractivity contribution in [3.8, 4) is 0 Å². The standard InChI is InChI=1S/C13H18N2O3S.ClH/c16-13(17)15-8-7-14-11(10-15)6-9-19(18)12-4-2-1-3-5-12;/h1-5,11,14H,6-10H2,(H,16,17);1H/t11-,19?;/m1./s1. The van der Waals surface area contributed by atoms with E-state index in [0.717, 1.165) is 4.90 Å². The van der Waals surface area contributed by atoms with E-state index in [2.05, 4.69) is 5.32 Å². The fraction of sp³-hybridized carbons (Fsp3) is 0.462. The largest absolute Gasteiger partial charge is 0.611 e. The first kappa shape index (κ1) is 17.1. The van der Waals surface area contributed by atoms with Crippen LogP contribution < -0.4 is 5.32 Å². The summed E-state index contributed by atoms with van der Waals surface area (Å²) >= 11 is -1.01. The van der Waals surface area contributed by atoms with Gasteiger partial charge in [-0.25, -0.2) is 4.79 Å². The quantitative estimate of drug-likeness (QED) is 0.826. The molecule has 0 radical (unpaired) electrons. The Morgan fingerprint density at radius 1 is 1.45 bits per heavy atom. The monoisotopic (exact) mass is 318 g/mol. The van der Waals surface area contributed by atoms with E-state index in [4.69, 9.17) is 5.11 Å². The van der Waals surface area contributed by atoms with Crippen molar-refractivity contribution in [2.24, 2.45) is 0 Å². The van der Waals surface area contributed by atoms with Crippen LogP contribution in [-0.2, 0) is 11.2 Å². The van der Waals surface area contributed by atoms with Gasteiger partial charge in [-0.2, -0.15) is 0 Å². The summed E-state index contributed by atoms with van der Waals surface area (Å²) < 4.78 is 12.1. The van der Waals surface area contributed by atoms with Crippen LogP contribution in [0.15, 0.2) is 35.2 Å². The van der Waals surface area contributed by atoms with Gasteiger partial charge in [0.25, 0.3) is 0 Å². The van der Waals surface area contributed by atoms with E-state index in [-0.39, 0.29) is 18.4 Å². The lowest BCUT2D eigenvalue weighted by molar-refractivity contribution is 0.128. The van der Waals surface area contributed by atoms with Crippen molar-refractivity contribution in [3.63, 3.8) is 0 Å². The zero-order chi connectivity index (χ0) is 13.7. The first-order valence-corrected chi connectivity index (χ1v) is 7.63. The molecule has 0 saturated carbocycles. The Balaban J connectivity index is 0.00000200. The fourth-order valence-electron chi connectivity index (χ4n) is 2.13. The molecule has 1 aliphatic heterocycles. The van der Waals surface area contributed by atoms with E-state index < -0.39 is 17.3 Å². The van der Waals surface area contributed by atoms with Crippen molar-refractivity contribution < 1.29 is 14.5 Å². The number of carboxylic acid groups (broad SMARTS) is 1. The number of rotatable bonds is 4. The molecule has 0 aliphatic carbocycles. The maximum atomic E-state index is 12.1. The van der Waals surface area contributed by atoms with Gasteiger partial charge < -0.3 is 19.9 Å². The first-order valence-electron chi connectivity index (χ1n) is 6.31. The van der Waals surface area contributed by atoms with Gasteiger partial charge >= 0.3 is 6.09 Å². The number of halogens is 1. The van der Waals surface area contributed by atoms with Crippen LogP contribution in [0.5, 0.6) is 0 Å². The number of benzene rings is 1. The molecule has 1 fully saturated rings. The summed E-state index contributed by atoms with van der Waals surface area (Å²) in [5.41, 5.74) is 0. The van der Waals surface area contributed by atoms with Gasteiger partial charge in [0.05, 0.1) is 0 Å². The van der Waals surface area contributed by atoms with Crippen LogP contribution in [0.25, 0.3) is 0 Å². The molecule has 2 rings (SSSR count). The zero-order valence-corrected chi connectivity index (χ0v) is 12.7. The van der Waals surface area contributed by atoms with Gasteiger partial charge in [-0.15, -0.1) is 12.4 Å². The molecule has 1 aromatic carbocycles. The fourth-order valence-corrected chi connectivity index (χ4v) is 3.33. The van der Waals surface area contributed by atoms with Crippen LogP contribution in [-0.4, -0.2) is 52.1 Å². The summed E-state index contributed by atoms with van der Waals surface area (Å²) in [4.78, 5) is 13.1. The number of nitrogens with zero attached hydrogens (tertiary/aromatic N) is 1. The summed E-state index contributed by atoms with van der Waals surface area (Å²) in [6.45, 7) is 1.66. The normalized spacial score (nSPS) is 20.1. The minimum atomic E-state index is -1.01. The van der Waals surface area contributed by atoms with Crippen molar-refractivity contribution in [1.29, 1.82) is 0 Å². The molecule has 1 heterocycles. The highest BCUT2D eigenvalue weighted by Gasteiger charge is 2.24. The van der Waals surface area contributed by atoms with E-state index in [1.54, 1.807) is 0 Å². The maximum Gasteiger partial charge on any atom is 0.407 e. The Hall–Kier alpha value is -0.950. The lowest BCUT2D eigenvalue weighted by Crippen LogP contribution is -2.52. The molecule has 0 aromatic heterocycles. The third-order valence-corrected chi connectivity index (χ3v) is 4.59. The molecule has 112 valence electrons. The first-order chi connectivity index (χ1) is 9.16. The van der Waals surface area contributed by atoms with E-state index in [1.807, 2.05) is 30.3 Å². The molecule has 2 N–H and O–H groups in total. The Labute approximate surface area is 127 Å². The smallest absolute Gasteiger partial charge is 0.407 e. The Bertz CT molecular complexity index is 421. The summed E-state index contributed by atoms with van der Waals surface area (Å²) in [7, 11) is 0. The average molecular weight is 319 g/mol. The molecular formula is C13H19ClN2O3S. The molecule has 5 nitrogen and oxygen atoms in total. The van der Waals surface area contributed by atoms with Crippen LogP contribution in [0.4, 0.5) is 4.79 Å². The third-order valence-electron chi connectivity index (χ3n) is 3.18. The van der Waals surface area contributed by atoms with Crippen LogP contribution in [0.1, 0.15) is 6.42 Å². The molecule has 2 atom stereocenters. The van der Waals surface area contributed by atoms with Crippen molar-refractivity contribution >= 4 is 29.7 Å². The lowest BCUT2D eigenvalue weighted by Gasteiger charge is -2.31. The van der Waals surface area contributed by atoms with Crippen LogP contribution >= 0.6 is 12.4 Å². The summed E-state index contributed by atoms with van der Waals surface area (Å²) in [6, 6.07) is 9.45. The highest BCUT2D eigenvalue weighted by atomic mass is 35.5. The highest BCUT2D eigenvalue weighted by molar-refractivity contribution is 7.91.